The van der Waals surface area contributed by atoms with Crippen molar-refractivity contribution in [1.82, 2.24) is 9.88 Å². The average molecular weight is 421 g/mol. The quantitative estimate of drug-likeness (QED) is 0.709. The summed E-state index contributed by atoms with van der Waals surface area (Å²) >= 11 is 6.02. The highest BCUT2D eigenvalue weighted by Gasteiger charge is 2.32. The Bertz CT molecular complexity index is 976. The minimum Gasteiger partial charge on any atom is -0.353 e. The zero-order valence-corrected chi connectivity index (χ0v) is 16.9. The summed E-state index contributed by atoms with van der Waals surface area (Å²) in [7, 11) is -3.46. The number of hydrogen-bond acceptors (Lipinski definition) is 5. The Labute approximate surface area is 169 Å². The Morgan fingerprint density at radius 3 is 2.54 bits per heavy atom. The fourth-order valence-corrected chi connectivity index (χ4v) is 5.41. The second-order valence-electron chi connectivity index (χ2n) is 6.88. The predicted octanol–water partition coefficient (Wildman–Crippen LogP) is 2.66. The number of benzene rings is 1. The number of amides is 2. The number of anilines is 2. The summed E-state index contributed by atoms with van der Waals surface area (Å²) in [4.78, 5) is 23.2. The summed E-state index contributed by atoms with van der Waals surface area (Å²) in [5, 5.41) is 0.348. The van der Waals surface area contributed by atoms with Gasteiger partial charge < -0.3 is 9.80 Å². The second kappa shape index (κ2) is 7.60. The van der Waals surface area contributed by atoms with E-state index < -0.39 is 9.84 Å². The smallest absolute Gasteiger partial charge is 0.324 e. The number of fused-ring (bicyclic) bond motifs is 1. The Kier molecular flexibility index (Phi) is 5.16. The lowest BCUT2D eigenvalue weighted by atomic mass is 10.2. The van der Waals surface area contributed by atoms with Gasteiger partial charge in [0.15, 0.2) is 9.84 Å². The molecule has 0 bridgehead atoms. The number of halogens is 1. The second-order valence-corrected chi connectivity index (χ2v) is 9.39. The number of carbonyl (C=O) groups is 1. The summed E-state index contributed by atoms with van der Waals surface area (Å²) in [5.74, 6) is 0.910. The van der Waals surface area contributed by atoms with Gasteiger partial charge in [0, 0.05) is 43.9 Å². The Balaban J connectivity index is 1.54. The molecule has 0 spiro atoms. The van der Waals surface area contributed by atoms with Crippen molar-refractivity contribution in [2.75, 3.05) is 48.3 Å². The first kappa shape index (κ1) is 19.0. The number of pyridine rings is 1. The van der Waals surface area contributed by atoms with Crippen LogP contribution < -0.4 is 9.80 Å². The van der Waals surface area contributed by atoms with Crippen molar-refractivity contribution in [2.45, 2.75) is 11.3 Å². The van der Waals surface area contributed by atoms with E-state index in [1.807, 2.05) is 18.2 Å². The molecule has 0 atom stereocenters. The molecule has 4 rings (SSSR count). The van der Waals surface area contributed by atoms with Crippen LogP contribution >= 0.6 is 11.6 Å². The first-order valence-corrected chi connectivity index (χ1v) is 11.2. The Morgan fingerprint density at radius 1 is 1.04 bits per heavy atom. The van der Waals surface area contributed by atoms with Gasteiger partial charge in [-0.1, -0.05) is 17.7 Å². The normalized spacial score (nSPS) is 19.1. The molecule has 3 heterocycles. The molecule has 0 N–H and O–H groups in total. The largest absolute Gasteiger partial charge is 0.353 e. The van der Waals surface area contributed by atoms with Gasteiger partial charge in [0.2, 0.25) is 0 Å². The minimum atomic E-state index is -3.46. The summed E-state index contributed by atoms with van der Waals surface area (Å²) in [6, 6.07) is 10.3. The first-order valence-electron chi connectivity index (χ1n) is 9.20. The van der Waals surface area contributed by atoms with Crippen LogP contribution in [0.1, 0.15) is 6.42 Å². The number of urea groups is 1. The highest BCUT2D eigenvalue weighted by Crippen LogP contribution is 2.33. The van der Waals surface area contributed by atoms with E-state index in [1.54, 1.807) is 28.1 Å². The van der Waals surface area contributed by atoms with Gasteiger partial charge in [-0.2, -0.15) is 0 Å². The van der Waals surface area contributed by atoms with Crippen molar-refractivity contribution in [3.05, 3.63) is 47.6 Å². The number of aromatic nitrogens is 1. The maximum Gasteiger partial charge on any atom is 0.324 e. The van der Waals surface area contributed by atoms with E-state index in [4.69, 9.17) is 11.6 Å². The van der Waals surface area contributed by atoms with Crippen molar-refractivity contribution in [3.8, 4) is 0 Å². The highest BCUT2D eigenvalue weighted by atomic mass is 35.5. The number of sulfone groups is 1. The third-order valence-corrected chi connectivity index (χ3v) is 7.16. The molecular formula is C19H21ClN4O3S. The number of nitrogens with zero attached hydrogens (tertiary/aromatic N) is 4. The van der Waals surface area contributed by atoms with E-state index in [9.17, 15) is 13.2 Å². The molecule has 2 aliphatic heterocycles. The molecule has 0 unspecified atom stereocenters. The lowest BCUT2D eigenvalue weighted by Gasteiger charge is -2.38. The third-order valence-electron chi connectivity index (χ3n) is 5.10. The van der Waals surface area contributed by atoms with Crippen molar-refractivity contribution in [1.29, 1.82) is 0 Å². The molecular weight excluding hydrogens is 400 g/mol. The molecule has 2 aliphatic rings. The Hall–Kier alpha value is -2.32. The highest BCUT2D eigenvalue weighted by molar-refractivity contribution is 7.91. The van der Waals surface area contributed by atoms with Gasteiger partial charge in [-0.25, -0.2) is 18.2 Å². The molecule has 148 valence electrons. The van der Waals surface area contributed by atoms with E-state index in [-0.39, 0.29) is 16.7 Å². The SMILES string of the molecule is O=C(N1CCN(c2ccccn2)CC1)N1CCCS(=O)(=O)c2cc(Cl)ccc21. The van der Waals surface area contributed by atoms with Crippen molar-refractivity contribution in [2.24, 2.45) is 0 Å². The van der Waals surface area contributed by atoms with Crippen LogP contribution in [0.25, 0.3) is 0 Å². The molecule has 28 heavy (non-hydrogen) atoms. The molecule has 9 heteroatoms. The van der Waals surface area contributed by atoms with E-state index in [0.29, 0.717) is 49.9 Å². The predicted molar refractivity (Wildman–Crippen MR) is 109 cm³/mol. The lowest BCUT2D eigenvalue weighted by Crippen LogP contribution is -2.53. The van der Waals surface area contributed by atoms with E-state index in [2.05, 4.69) is 9.88 Å². The molecule has 7 nitrogen and oxygen atoms in total. The topological polar surface area (TPSA) is 73.8 Å². The van der Waals surface area contributed by atoms with Crippen LogP contribution in [0.3, 0.4) is 0 Å². The molecule has 2 aromatic rings. The molecule has 0 radical (unpaired) electrons. The first-order chi connectivity index (χ1) is 13.5. The molecule has 0 aliphatic carbocycles. The van der Waals surface area contributed by atoms with E-state index >= 15 is 0 Å². The number of piperazine rings is 1. The van der Waals surface area contributed by atoms with Crippen molar-refractivity contribution >= 4 is 39.0 Å². The van der Waals surface area contributed by atoms with E-state index in [1.165, 1.54) is 6.07 Å². The van der Waals surface area contributed by atoms with Gasteiger partial charge in [-0.05, 0) is 36.8 Å². The molecule has 1 aromatic carbocycles. The standard InChI is InChI=1S/C19H21ClN4O3S/c20-15-5-6-16-17(14-15)28(26,27)13-3-8-24(16)19(25)23-11-9-22(10-12-23)18-4-1-2-7-21-18/h1-2,4-7,14H,3,8-13H2. The monoisotopic (exact) mass is 420 g/mol. The summed E-state index contributed by atoms with van der Waals surface area (Å²) < 4.78 is 25.1. The summed E-state index contributed by atoms with van der Waals surface area (Å²) in [5.41, 5.74) is 0.416. The van der Waals surface area contributed by atoms with Crippen LogP contribution in [0.5, 0.6) is 0 Å². The molecule has 2 amide bonds. The van der Waals surface area contributed by atoms with Gasteiger partial charge in [0.25, 0.3) is 0 Å². The van der Waals surface area contributed by atoms with Gasteiger partial charge in [-0.3, -0.25) is 4.90 Å². The van der Waals surface area contributed by atoms with Crippen molar-refractivity contribution < 1.29 is 13.2 Å². The lowest BCUT2D eigenvalue weighted by molar-refractivity contribution is 0.201. The summed E-state index contributed by atoms with van der Waals surface area (Å²) in [6.45, 7) is 2.85. The number of hydrogen-bond donors (Lipinski definition) is 0. The fourth-order valence-electron chi connectivity index (χ4n) is 3.64. The Morgan fingerprint density at radius 2 is 1.82 bits per heavy atom. The molecule has 0 saturated carbocycles. The maximum absolute atomic E-state index is 13.2. The third kappa shape index (κ3) is 3.66. The molecule has 1 aromatic heterocycles. The van der Waals surface area contributed by atoms with Crippen LogP contribution in [0.2, 0.25) is 5.02 Å². The summed E-state index contributed by atoms with van der Waals surface area (Å²) in [6.07, 6.45) is 2.15. The molecule has 1 fully saturated rings. The number of carbonyl (C=O) groups excluding carboxylic acids is 1. The van der Waals surface area contributed by atoms with Crippen molar-refractivity contribution in [3.63, 3.8) is 0 Å². The average Bonchev–Trinajstić information content (AvgIpc) is 2.84. The van der Waals surface area contributed by atoms with Crippen LogP contribution in [0, 0.1) is 0 Å². The van der Waals surface area contributed by atoms with Gasteiger partial charge in [-0.15, -0.1) is 0 Å². The van der Waals surface area contributed by atoms with Gasteiger partial charge in [0.05, 0.1) is 16.3 Å². The van der Waals surface area contributed by atoms with Crippen LogP contribution in [0.4, 0.5) is 16.3 Å². The zero-order valence-electron chi connectivity index (χ0n) is 15.3. The van der Waals surface area contributed by atoms with Gasteiger partial charge in [0.1, 0.15) is 5.82 Å². The van der Waals surface area contributed by atoms with Crippen LogP contribution in [0.15, 0.2) is 47.5 Å². The fraction of sp³-hybridized carbons (Fsp3) is 0.368. The van der Waals surface area contributed by atoms with Crippen LogP contribution in [-0.4, -0.2) is 62.8 Å². The van der Waals surface area contributed by atoms with Gasteiger partial charge >= 0.3 is 6.03 Å². The maximum atomic E-state index is 13.2. The molecule has 1 saturated heterocycles. The number of rotatable bonds is 1. The van der Waals surface area contributed by atoms with Crippen LogP contribution in [-0.2, 0) is 9.84 Å². The zero-order chi connectivity index (χ0) is 19.7. The van der Waals surface area contributed by atoms with E-state index in [0.717, 1.165) is 5.82 Å². The minimum absolute atomic E-state index is 0.0115.